The van der Waals surface area contributed by atoms with E-state index in [1.54, 1.807) is 7.11 Å². The Balaban J connectivity index is 2.07. The molecule has 0 aliphatic rings. The van der Waals surface area contributed by atoms with Gasteiger partial charge in [-0.3, -0.25) is 15.2 Å². The number of carbonyl (C=O) groups excluding carboxylic acids is 1. The van der Waals surface area contributed by atoms with Gasteiger partial charge >= 0.3 is 0 Å². The van der Waals surface area contributed by atoms with Crippen LogP contribution in [0.4, 0.5) is 5.95 Å². The molecule has 7 heteroatoms. The SMILES string of the molecule is COCc1nc(NC(=O)[C@@H](CC(C)C)n2cccc2)n[nH]1. The van der Waals surface area contributed by atoms with Crippen molar-refractivity contribution >= 4 is 11.9 Å². The van der Waals surface area contributed by atoms with Gasteiger partial charge in [0, 0.05) is 19.5 Å². The number of hydrogen-bond donors (Lipinski definition) is 2. The molecule has 0 fully saturated rings. The summed E-state index contributed by atoms with van der Waals surface area (Å²) in [6.45, 7) is 4.51. The van der Waals surface area contributed by atoms with E-state index in [4.69, 9.17) is 4.74 Å². The first-order valence-electron chi connectivity index (χ1n) is 6.93. The molecule has 2 N–H and O–H groups in total. The molecule has 0 saturated carbocycles. The maximum atomic E-state index is 12.5. The number of aromatic amines is 1. The first-order valence-corrected chi connectivity index (χ1v) is 6.93. The van der Waals surface area contributed by atoms with E-state index >= 15 is 0 Å². The molecule has 114 valence electrons. The summed E-state index contributed by atoms with van der Waals surface area (Å²) in [6, 6.07) is 3.54. The summed E-state index contributed by atoms with van der Waals surface area (Å²) < 4.78 is 6.86. The lowest BCUT2D eigenvalue weighted by molar-refractivity contribution is -0.119. The number of hydrogen-bond acceptors (Lipinski definition) is 4. The van der Waals surface area contributed by atoms with Crippen LogP contribution in [0.3, 0.4) is 0 Å². The van der Waals surface area contributed by atoms with Gasteiger partial charge in [-0.2, -0.15) is 4.98 Å². The van der Waals surface area contributed by atoms with E-state index in [1.807, 2.05) is 29.1 Å². The van der Waals surface area contributed by atoms with Crippen LogP contribution in [0.2, 0.25) is 0 Å². The van der Waals surface area contributed by atoms with Crippen molar-refractivity contribution in [2.24, 2.45) is 5.92 Å². The first-order chi connectivity index (χ1) is 10.1. The van der Waals surface area contributed by atoms with Gasteiger partial charge in [0.15, 0.2) is 5.82 Å². The number of carbonyl (C=O) groups is 1. The van der Waals surface area contributed by atoms with Crippen molar-refractivity contribution in [3.05, 3.63) is 30.4 Å². The molecular formula is C14H21N5O2. The second kappa shape index (κ2) is 7.03. The predicted octanol–water partition coefficient (Wildman–Crippen LogP) is 1.98. The summed E-state index contributed by atoms with van der Waals surface area (Å²) in [6.07, 6.45) is 4.53. The van der Waals surface area contributed by atoms with Crippen molar-refractivity contribution in [3.63, 3.8) is 0 Å². The summed E-state index contributed by atoms with van der Waals surface area (Å²) in [5.41, 5.74) is 0. The van der Waals surface area contributed by atoms with Crippen molar-refractivity contribution in [2.45, 2.75) is 32.9 Å². The highest BCUT2D eigenvalue weighted by atomic mass is 16.5. The van der Waals surface area contributed by atoms with Gasteiger partial charge in [-0.1, -0.05) is 13.8 Å². The number of anilines is 1. The van der Waals surface area contributed by atoms with Crippen LogP contribution in [0, 0.1) is 5.92 Å². The monoisotopic (exact) mass is 291 g/mol. The average Bonchev–Trinajstić information content (AvgIpc) is 3.08. The van der Waals surface area contributed by atoms with Gasteiger partial charge in [-0.15, -0.1) is 5.10 Å². The van der Waals surface area contributed by atoms with Gasteiger partial charge in [0.05, 0.1) is 0 Å². The van der Waals surface area contributed by atoms with Crippen LogP contribution in [-0.4, -0.2) is 32.8 Å². The van der Waals surface area contributed by atoms with Gasteiger partial charge in [0.25, 0.3) is 0 Å². The smallest absolute Gasteiger partial charge is 0.249 e. The molecule has 2 aromatic heterocycles. The van der Waals surface area contributed by atoms with Crippen LogP contribution in [0.1, 0.15) is 32.1 Å². The van der Waals surface area contributed by atoms with Crippen LogP contribution in [0.15, 0.2) is 24.5 Å². The number of methoxy groups -OCH3 is 1. The molecule has 0 aliphatic heterocycles. The van der Waals surface area contributed by atoms with Crippen LogP contribution < -0.4 is 5.32 Å². The highest BCUT2D eigenvalue weighted by Gasteiger charge is 2.22. The van der Waals surface area contributed by atoms with Crippen LogP contribution in [0.5, 0.6) is 0 Å². The van der Waals surface area contributed by atoms with E-state index in [-0.39, 0.29) is 17.9 Å². The molecule has 0 bridgehead atoms. The Hall–Kier alpha value is -2.15. The Morgan fingerprint density at radius 2 is 2.14 bits per heavy atom. The molecule has 0 saturated heterocycles. The number of H-pyrrole nitrogens is 1. The number of nitrogens with one attached hydrogen (secondary N) is 2. The summed E-state index contributed by atoms with van der Waals surface area (Å²) in [5, 5.41) is 9.42. The van der Waals surface area contributed by atoms with Crippen molar-refractivity contribution in [1.82, 2.24) is 19.7 Å². The van der Waals surface area contributed by atoms with Crippen molar-refractivity contribution < 1.29 is 9.53 Å². The number of amides is 1. The fraction of sp³-hybridized carbons (Fsp3) is 0.500. The third-order valence-electron chi connectivity index (χ3n) is 3.03. The molecule has 2 rings (SSSR count). The largest absolute Gasteiger partial charge is 0.377 e. The summed E-state index contributed by atoms with van der Waals surface area (Å²) in [5.74, 6) is 1.13. The Kier molecular flexibility index (Phi) is 5.10. The van der Waals surface area contributed by atoms with Gasteiger partial charge in [0.1, 0.15) is 12.6 Å². The van der Waals surface area contributed by atoms with Crippen LogP contribution in [-0.2, 0) is 16.1 Å². The van der Waals surface area contributed by atoms with Crippen molar-refractivity contribution in [2.75, 3.05) is 12.4 Å². The maximum Gasteiger partial charge on any atom is 0.249 e. The standard InChI is InChI=1S/C14H21N5O2/c1-10(2)8-11(19-6-4-5-7-19)13(20)16-14-15-12(9-21-3)17-18-14/h4-7,10-11H,8-9H2,1-3H3,(H2,15,16,17,18,20)/t11-/m1/s1. The van der Waals surface area contributed by atoms with Crippen molar-refractivity contribution in [1.29, 1.82) is 0 Å². The molecule has 2 heterocycles. The third kappa shape index (κ3) is 4.16. The molecule has 1 atom stereocenters. The van der Waals surface area contributed by atoms with E-state index in [0.29, 0.717) is 18.3 Å². The second-order valence-electron chi connectivity index (χ2n) is 5.30. The molecule has 0 radical (unpaired) electrons. The number of ether oxygens (including phenoxy) is 1. The molecule has 0 spiro atoms. The third-order valence-corrected chi connectivity index (χ3v) is 3.03. The fourth-order valence-corrected chi connectivity index (χ4v) is 2.11. The molecule has 21 heavy (non-hydrogen) atoms. The minimum Gasteiger partial charge on any atom is -0.377 e. The van der Waals surface area contributed by atoms with E-state index in [9.17, 15) is 4.79 Å². The molecule has 0 aromatic carbocycles. The fourth-order valence-electron chi connectivity index (χ4n) is 2.11. The van der Waals surface area contributed by atoms with E-state index < -0.39 is 0 Å². The average molecular weight is 291 g/mol. The molecule has 2 aromatic rings. The number of rotatable bonds is 7. The predicted molar refractivity (Wildman–Crippen MR) is 78.6 cm³/mol. The summed E-state index contributed by atoms with van der Waals surface area (Å²) in [4.78, 5) is 16.6. The molecule has 1 amide bonds. The minimum atomic E-state index is -0.274. The van der Waals surface area contributed by atoms with Gasteiger partial charge < -0.3 is 9.30 Å². The Labute approximate surface area is 123 Å². The number of nitrogens with zero attached hydrogens (tertiary/aromatic N) is 3. The van der Waals surface area contributed by atoms with Crippen LogP contribution >= 0.6 is 0 Å². The molecule has 7 nitrogen and oxygen atoms in total. The minimum absolute atomic E-state index is 0.122. The quantitative estimate of drug-likeness (QED) is 0.817. The normalized spacial score (nSPS) is 12.6. The van der Waals surface area contributed by atoms with Gasteiger partial charge in [-0.25, -0.2) is 0 Å². The van der Waals surface area contributed by atoms with Crippen LogP contribution in [0.25, 0.3) is 0 Å². The lowest BCUT2D eigenvalue weighted by Crippen LogP contribution is -2.27. The Morgan fingerprint density at radius 1 is 1.43 bits per heavy atom. The zero-order valence-corrected chi connectivity index (χ0v) is 12.5. The topological polar surface area (TPSA) is 84.8 Å². The molecular weight excluding hydrogens is 270 g/mol. The lowest BCUT2D eigenvalue weighted by Gasteiger charge is -2.19. The number of aromatic nitrogens is 4. The van der Waals surface area contributed by atoms with Gasteiger partial charge in [-0.05, 0) is 24.5 Å². The zero-order valence-electron chi connectivity index (χ0n) is 12.5. The van der Waals surface area contributed by atoms with E-state index in [1.165, 1.54) is 0 Å². The summed E-state index contributed by atoms with van der Waals surface area (Å²) >= 11 is 0. The lowest BCUT2D eigenvalue weighted by atomic mass is 10.0. The van der Waals surface area contributed by atoms with E-state index in [2.05, 4.69) is 34.3 Å². The zero-order chi connectivity index (χ0) is 15.2. The van der Waals surface area contributed by atoms with Gasteiger partial charge in [0.2, 0.25) is 11.9 Å². The highest BCUT2D eigenvalue weighted by molar-refractivity contribution is 5.92. The second-order valence-corrected chi connectivity index (χ2v) is 5.30. The highest BCUT2D eigenvalue weighted by Crippen LogP contribution is 2.19. The Bertz CT molecular complexity index is 562. The Morgan fingerprint density at radius 3 is 2.76 bits per heavy atom. The molecule has 0 aliphatic carbocycles. The first kappa shape index (κ1) is 15.2. The molecule has 0 unspecified atom stereocenters. The van der Waals surface area contributed by atoms with E-state index in [0.717, 1.165) is 6.42 Å². The summed E-state index contributed by atoms with van der Waals surface area (Å²) in [7, 11) is 1.57. The maximum absolute atomic E-state index is 12.5. The van der Waals surface area contributed by atoms with Crippen molar-refractivity contribution in [3.8, 4) is 0 Å².